The highest BCUT2D eigenvalue weighted by Crippen LogP contribution is 2.17. The summed E-state index contributed by atoms with van der Waals surface area (Å²) in [6.45, 7) is 4.17. The van der Waals surface area contributed by atoms with E-state index in [1.807, 2.05) is 12.1 Å². The monoisotopic (exact) mass is 418 g/mol. The van der Waals surface area contributed by atoms with Gasteiger partial charge in [0, 0.05) is 5.02 Å². The maximum Gasteiger partial charge on any atom is 0.220 e. The van der Waals surface area contributed by atoms with Gasteiger partial charge >= 0.3 is 0 Å². The molecule has 0 bridgehead atoms. The zero-order valence-corrected chi connectivity index (χ0v) is 17.9. The first-order valence-corrected chi connectivity index (χ1v) is 10.5. The minimum atomic E-state index is -0.362. The van der Waals surface area contributed by atoms with Crippen LogP contribution in [0.1, 0.15) is 31.2 Å². The van der Waals surface area contributed by atoms with Crippen LogP contribution in [0, 0.1) is 0 Å². The highest BCUT2D eigenvalue weighted by Gasteiger charge is 2.10. The maximum atomic E-state index is 10.4. The molecule has 1 fully saturated rings. The third-order valence-corrected chi connectivity index (χ3v) is 4.98. The number of carbonyl (C=O) groups is 1. The largest absolute Gasteiger partial charge is 0.497 e. The average Bonchev–Trinajstić information content (AvgIpc) is 3.24. The Kier molecular flexibility index (Phi) is 10.4. The number of nitrogens with zero attached hydrogens (tertiary/aromatic N) is 1. The number of hydrogen-bond donors (Lipinski definition) is 1. The summed E-state index contributed by atoms with van der Waals surface area (Å²) in [6.07, 6.45) is 5.45. The Bertz CT molecular complexity index is 714. The summed E-state index contributed by atoms with van der Waals surface area (Å²) >= 11 is 5.84. The number of benzene rings is 2. The van der Waals surface area contributed by atoms with Crippen molar-refractivity contribution in [3.05, 3.63) is 59.1 Å². The van der Waals surface area contributed by atoms with Gasteiger partial charge in [0.2, 0.25) is 5.91 Å². The molecule has 1 aliphatic heterocycles. The molecular formula is C23H31ClN2O3. The van der Waals surface area contributed by atoms with Gasteiger partial charge in [-0.3, -0.25) is 4.79 Å². The van der Waals surface area contributed by atoms with Gasteiger partial charge < -0.3 is 20.1 Å². The van der Waals surface area contributed by atoms with Crippen LogP contribution in [0.3, 0.4) is 0 Å². The number of methoxy groups -OCH3 is 1. The van der Waals surface area contributed by atoms with Crippen LogP contribution >= 0.6 is 11.6 Å². The van der Waals surface area contributed by atoms with Crippen molar-refractivity contribution < 1.29 is 14.3 Å². The number of primary amides is 1. The lowest BCUT2D eigenvalue weighted by atomic mass is 10.1. The maximum absolute atomic E-state index is 10.4. The molecular weight excluding hydrogens is 388 g/mol. The number of halogens is 1. The van der Waals surface area contributed by atoms with Gasteiger partial charge in [0.05, 0.1) is 20.1 Å². The lowest BCUT2D eigenvalue weighted by molar-refractivity contribution is -0.118. The van der Waals surface area contributed by atoms with Crippen molar-refractivity contribution in [1.29, 1.82) is 0 Å². The molecule has 0 atom stereocenters. The fraction of sp³-hybridized carbons (Fsp3) is 0.435. The average molecular weight is 419 g/mol. The van der Waals surface area contributed by atoms with E-state index in [-0.39, 0.29) is 12.3 Å². The first kappa shape index (κ1) is 23.0. The normalized spacial score (nSPS) is 13.4. The lowest BCUT2D eigenvalue weighted by Gasteiger charge is -2.13. The SMILES string of the molecule is COc1ccc(OCCC(N)=O)cc1.Clc1ccc(CCCN2CCCC2)cc1. The Balaban J connectivity index is 0.000000208. The molecule has 0 aliphatic carbocycles. The second-order valence-corrected chi connectivity index (χ2v) is 7.46. The molecule has 2 N–H and O–H groups in total. The molecule has 1 heterocycles. The number of amides is 1. The van der Waals surface area contributed by atoms with E-state index in [1.165, 1.54) is 50.9 Å². The number of likely N-dealkylation sites (tertiary alicyclic amines) is 1. The number of hydrogen-bond acceptors (Lipinski definition) is 4. The molecule has 0 aromatic heterocycles. The highest BCUT2D eigenvalue weighted by atomic mass is 35.5. The molecule has 0 radical (unpaired) electrons. The topological polar surface area (TPSA) is 64.8 Å². The lowest BCUT2D eigenvalue weighted by Crippen LogP contribution is -2.20. The zero-order chi connectivity index (χ0) is 20.9. The van der Waals surface area contributed by atoms with Gasteiger partial charge in [-0.2, -0.15) is 0 Å². The van der Waals surface area contributed by atoms with E-state index in [0.29, 0.717) is 12.4 Å². The third kappa shape index (κ3) is 9.68. The Morgan fingerprint density at radius 1 is 1.03 bits per heavy atom. The van der Waals surface area contributed by atoms with Crippen molar-refractivity contribution in [3.63, 3.8) is 0 Å². The van der Waals surface area contributed by atoms with Crippen LogP contribution in [0.25, 0.3) is 0 Å². The van der Waals surface area contributed by atoms with Gasteiger partial charge in [-0.05, 0) is 87.3 Å². The van der Waals surface area contributed by atoms with Gasteiger partial charge in [-0.25, -0.2) is 0 Å². The van der Waals surface area contributed by atoms with Crippen molar-refractivity contribution in [2.45, 2.75) is 32.1 Å². The predicted octanol–water partition coefficient (Wildman–Crippen LogP) is 4.32. The number of carbonyl (C=O) groups excluding carboxylic acids is 1. The standard InChI is InChI=1S/C13H18ClN.C10H13NO3/c14-13-7-5-12(6-8-13)4-3-11-15-9-1-2-10-15;1-13-8-2-4-9(5-3-8)14-7-6-10(11)12/h5-8H,1-4,9-11H2;2-5H,6-7H2,1H3,(H2,11,12). The van der Waals surface area contributed by atoms with Crippen molar-refractivity contribution in [3.8, 4) is 11.5 Å². The van der Waals surface area contributed by atoms with E-state index in [4.69, 9.17) is 26.8 Å². The second kappa shape index (κ2) is 13.1. The molecule has 2 aromatic carbocycles. The van der Waals surface area contributed by atoms with Crippen molar-refractivity contribution in [1.82, 2.24) is 4.90 Å². The van der Waals surface area contributed by atoms with Crippen LogP contribution in [0.2, 0.25) is 5.02 Å². The van der Waals surface area contributed by atoms with E-state index in [1.54, 1.807) is 31.4 Å². The van der Waals surface area contributed by atoms with Gasteiger partial charge in [-0.1, -0.05) is 23.7 Å². The molecule has 0 saturated carbocycles. The van der Waals surface area contributed by atoms with Gasteiger partial charge in [0.15, 0.2) is 0 Å². The Hall–Kier alpha value is -2.24. The fourth-order valence-corrected chi connectivity index (χ4v) is 3.23. The molecule has 1 amide bonds. The summed E-state index contributed by atoms with van der Waals surface area (Å²) in [4.78, 5) is 13.0. The summed E-state index contributed by atoms with van der Waals surface area (Å²) in [5.41, 5.74) is 6.36. The number of nitrogens with two attached hydrogens (primary N) is 1. The van der Waals surface area contributed by atoms with E-state index in [0.717, 1.165) is 10.8 Å². The number of aryl methyl sites for hydroxylation is 1. The Labute approximate surface area is 178 Å². The summed E-state index contributed by atoms with van der Waals surface area (Å²) < 4.78 is 10.2. The van der Waals surface area contributed by atoms with Gasteiger partial charge in [-0.15, -0.1) is 0 Å². The molecule has 2 aromatic rings. The first-order chi connectivity index (χ1) is 14.1. The summed E-state index contributed by atoms with van der Waals surface area (Å²) in [5, 5.41) is 0.832. The number of ether oxygens (including phenoxy) is 2. The third-order valence-electron chi connectivity index (χ3n) is 4.73. The van der Waals surface area contributed by atoms with E-state index >= 15 is 0 Å². The van der Waals surface area contributed by atoms with Crippen molar-refractivity contribution in [2.75, 3.05) is 33.4 Å². The van der Waals surface area contributed by atoms with Crippen LogP contribution in [0.15, 0.2) is 48.5 Å². The Morgan fingerprint density at radius 3 is 2.24 bits per heavy atom. The smallest absolute Gasteiger partial charge is 0.220 e. The number of rotatable bonds is 9. The molecule has 6 heteroatoms. The van der Waals surface area contributed by atoms with E-state index in [2.05, 4.69) is 17.0 Å². The van der Waals surface area contributed by atoms with Crippen LogP contribution in [-0.4, -0.2) is 44.2 Å². The van der Waals surface area contributed by atoms with Crippen LogP contribution in [-0.2, 0) is 11.2 Å². The summed E-state index contributed by atoms with van der Waals surface area (Å²) in [5.74, 6) is 1.11. The molecule has 29 heavy (non-hydrogen) atoms. The minimum Gasteiger partial charge on any atom is -0.497 e. The van der Waals surface area contributed by atoms with Crippen LogP contribution in [0.4, 0.5) is 0 Å². The molecule has 1 saturated heterocycles. The summed E-state index contributed by atoms with van der Waals surface area (Å²) in [6, 6.07) is 15.4. The quantitative estimate of drug-likeness (QED) is 0.658. The van der Waals surface area contributed by atoms with Crippen molar-refractivity contribution >= 4 is 17.5 Å². The van der Waals surface area contributed by atoms with Crippen LogP contribution < -0.4 is 15.2 Å². The first-order valence-electron chi connectivity index (χ1n) is 10.1. The molecule has 5 nitrogen and oxygen atoms in total. The molecule has 158 valence electrons. The molecule has 0 unspecified atom stereocenters. The molecule has 0 spiro atoms. The predicted molar refractivity (Wildman–Crippen MR) is 118 cm³/mol. The molecule has 3 rings (SSSR count). The van der Waals surface area contributed by atoms with Gasteiger partial charge in [0.1, 0.15) is 11.5 Å². The fourth-order valence-electron chi connectivity index (χ4n) is 3.11. The highest BCUT2D eigenvalue weighted by molar-refractivity contribution is 6.30. The second-order valence-electron chi connectivity index (χ2n) is 7.02. The Morgan fingerprint density at radius 2 is 1.66 bits per heavy atom. The zero-order valence-electron chi connectivity index (χ0n) is 17.1. The van der Waals surface area contributed by atoms with E-state index in [9.17, 15) is 4.79 Å². The van der Waals surface area contributed by atoms with Gasteiger partial charge in [0.25, 0.3) is 0 Å². The van der Waals surface area contributed by atoms with E-state index < -0.39 is 0 Å². The van der Waals surface area contributed by atoms with Crippen molar-refractivity contribution in [2.24, 2.45) is 5.73 Å². The molecule has 1 aliphatic rings. The minimum absolute atomic E-state index is 0.228. The van der Waals surface area contributed by atoms with Crippen LogP contribution in [0.5, 0.6) is 11.5 Å². The summed E-state index contributed by atoms with van der Waals surface area (Å²) in [7, 11) is 1.60.